The maximum Gasteiger partial charge on any atom is 0.248 e. The number of Topliss-reactive ketones (excluding diaryl/α,β-unsaturated/α-hetero) is 2. The van der Waals surface area contributed by atoms with E-state index in [0.29, 0.717) is 16.9 Å². The third-order valence-electron chi connectivity index (χ3n) is 3.03. The molecule has 4 heteroatoms. The van der Waals surface area contributed by atoms with Gasteiger partial charge in [0.25, 0.3) is 0 Å². The van der Waals surface area contributed by atoms with Gasteiger partial charge in [-0.15, -0.1) is 0 Å². The van der Waals surface area contributed by atoms with Gasteiger partial charge in [0.2, 0.25) is 11.6 Å². The van der Waals surface area contributed by atoms with Gasteiger partial charge in [-0.1, -0.05) is 24.3 Å². The number of hydrogen-bond donors (Lipinski definition) is 1. The van der Waals surface area contributed by atoms with Gasteiger partial charge in [0.15, 0.2) is 6.10 Å². The van der Waals surface area contributed by atoms with Crippen molar-refractivity contribution in [1.82, 2.24) is 0 Å². The summed E-state index contributed by atoms with van der Waals surface area (Å²) in [7, 11) is 0. The minimum absolute atomic E-state index is 0.0961. The molecule has 1 aliphatic heterocycles. The van der Waals surface area contributed by atoms with E-state index in [-0.39, 0.29) is 5.75 Å². The summed E-state index contributed by atoms with van der Waals surface area (Å²) in [4.78, 5) is 24.0. The Labute approximate surface area is 109 Å². The highest BCUT2D eigenvalue weighted by Crippen LogP contribution is 2.32. The van der Waals surface area contributed by atoms with Crippen LogP contribution < -0.4 is 4.74 Å². The second kappa shape index (κ2) is 4.24. The highest BCUT2D eigenvalue weighted by atomic mass is 16.5. The van der Waals surface area contributed by atoms with Crippen LogP contribution in [0.4, 0.5) is 0 Å². The van der Waals surface area contributed by atoms with Gasteiger partial charge >= 0.3 is 0 Å². The van der Waals surface area contributed by atoms with Gasteiger partial charge in [-0.05, 0) is 24.3 Å². The highest BCUT2D eigenvalue weighted by molar-refractivity contribution is 6.46. The molecule has 0 spiro atoms. The lowest BCUT2D eigenvalue weighted by Gasteiger charge is -2.24. The number of ketones is 2. The fourth-order valence-electron chi connectivity index (χ4n) is 2.06. The summed E-state index contributed by atoms with van der Waals surface area (Å²) in [6.45, 7) is 0. The van der Waals surface area contributed by atoms with Gasteiger partial charge < -0.3 is 9.84 Å². The van der Waals surface area contributed by atoms with E-state index < -0.39 is 17.7 Å². The van der Waals surface area contributed by atoms with Crippen LogP contribution in [0.3, 0.4) is 0 Å². The van der Waals surface area contributed by atoms with Crippen molar-refractivity contribution in [3.63, 3.8) is 0 Å². The number of phenols is 1. The predicted octanol–water partition coefficient (Wildman–Crippen LogP) is 2.28. The fourth-order valence-corrected chi connectivity index (χ4v) is 2.06. The summed E-state index contributed by atoms with van der Waals surface area (Å²) in [5.41, 5.74) is 0.841. The van der Waals surface area contributed by atoms with Crippen molar-refractivity contribution in [1.29, 1.82) is 0 Å². The van der Waals surface area contributed by atoms with Crippen molar-refractivity contribution < 1.29 is 19.4 Å². The van der Waals surface area contributed by atoms with Crippen LogP contribution in [0.5, 0.6) is 11.5 Å². The summed E-state index contributed by atoms with van der Waals surface area (Å²) in [6, 6.07) is 12.7. The number of phenolic OH excluding ortho intramolecular Hbond substituents is 1. The Bertz CT molecular complexity index is 658. The number of para-hydroxylation sites is 1. The number of aromatic hydroxyl groups is 1. The number of carbonyl (C=O) groups excluding carboxylic acids is 2. The molecule has 19 heavy (non-hydrogen) atoms. The molecule has 0 aliphatic carbocycles. The van der Waals surface area contributed by atoms with Gasteiger partial charge in [-0.25, -0.2) is 0 Å². The Morgan fingerprint density at radius 2 is 1.63 bits per heavy atom. The van der Waals surface area contributed by atoms with Crippen molar-refractivity contribution in [2.75, 3.05) is 0 Å². The third kappa shape index (κ3) is 1.87. The third-order valence-corrected chi connectivity index (χ3v) is 3.03. The van der Waals surface area contributed by atoms with E-state index in [1.54, 1.807) is 36.4 Å². The van der Waals surface area contributed by atoms with E-state index in [2.05, 4.69) is 0 Å². The van der Waals surface area contributed by atoms with Crippen molar-refractivity contribution in [3.8, 4) is 11.5 Å². The molecule has 94 valence electrons. The maximum absolute atomic E-state index is 12.0. The summed E-state index contributed by atoms with van der Waals surface area (Å²) in [6.07, 6.45) is -0.942. The Morgan fingerprint density at radius 3 is 2.37 bits per heavy atom. The molecule has 0 radical (unpaired) electrons. The zero-order chi connectivity index (χ0) is 13.4. The first-order valence-corrected chi connectivity index (χ1v) is 5.80. The Kier molecular flexibility index (Phi) is 2.56. The van der Waals surface area contributed by atoms with Crippen LogP contribution in [0, 0.1) is 0 Å². The lowest BCUT2D eigenvalue weighted by molar-refractivity contribution is -0.122. The quantitative estimate of drug-likeness (QED) is 0.793. The molecular formula is C15H10O4. The molecule has 0 amide bonds. The fraction of sp³-hybridized carbons (Fsp3) is 0.0667. The van der Waals surface area contributed by atoms with Crippen LogP contribution in [0.2, 0.25) is 0 Å². The van der Waals surface area contributed by atoms with Crippen LogP contribution in [0.25, 0.3) is 0 Å². The molecular weight excluding hydrogens is 244 g/mol. The van der Waals surface area contributed by atoms with Crippen molar-refractivity contribution in [3.05, 3.63) is 59.7 Å². The van der Waals surface area contributed by atoms with Crippen LogP contribution in [-0.2, 0) is 4.79 Å². The minimum atomic E-state index is -0.942. The normalized spacial score (nSPS) is 17.8. The summed E-state index contributed by atoms with van der Waals surface area (Å²) in [5.74, 6) is -0.631. The molecule has 2 aromatic carbocycles. The number of ether oxygens (including phenoxy) is 1. The van der Waals surface area contributed by atoms with E-state index in [9.17, 15) is 14.7 Å². The minimum Gasteiger partial charge on any atom is -0.508 e. The molecule has 0 fully saturated rings. The molecule has 1 N–H and O–H groups in total. The standard InChI is InChI=1S/C15H10O4/c16-10-7-5-9(6-8-10)15-14(18)13(17)11-3-1-2-4-12(11)19-15/h1-8,15-16H. The molecule has 0 bridgehead atoms. The van der Waals surface area contributed by atoms with Crippen molar-refractivity contribution in [2.45, 2.75) is 6.10 Å². The molecule has 1 atom stereocenters. The summed E-state index contributed by atoms with van der Waals surface area (Å²) in [5, 5.41) is 9.24. The van der Waals surface area contributed by atoms with Gasteiger partial charge in [-0.2, -0.15) is 0 Å². The van der Waals surface area contributed by atoms with E-state index in [1.165, 1.54) is 12.1 Å². The number of carbonyl (C=O) groups is 2. The van der Waals surface area contributed by atoms with E-state index in [1.807, 2.05) is 0 Å². The number of benzene rings is 2. The van der Waals surface area contributed by atoms with Crippen LogP contribution in [0.15, 0.2) is 48.5 Å². The van der Waals surface area contributed by atoms with Crippen LogP contribution in [-0.4, -0.2) is 16.7 Å². The molecule has 2 aromatic rings. The summed E-state index contributed by atoms with van der Waals surface area (Å²) >= 11 is 0. The molecule has 4 nitrogen and oxygen atoms in total. The number of hydrogen-bond acceptors (Lipinski definition) is 4. The van der Waals surface area contributed by atoms with E-state index >= 15 is 0 Å². The SMILES string of the molecule is O=C1C(=O)C(c2ccc(O)cc2)Oc2ccccc21. The molecule has 3 rings (SSSR count). The second-order valence-corrected chi connectivity index (χ2v) is 4.28. The van der Waals surface area contributed by atoms with Gasteiger partial charge in [-0.3, -0.25) is 9.59 Å². The van der Waals surface area contributed by atoms with Gasteiger partial charge in [0.1, 0.15) is 11.5 Å². The first-order valence-electron chi connectivity index (χ1n) is 5.80. The van der Waals surface area contributed by atoms with Crippen molar-refractivity contribution >= 4 is 11.6 Å². The lowest BCUT2D eigenvalue weighted by atomic mass is 9.95. The first-order chi connectivity index (χ1) is 9.16. The lowest BCUT2D eigenvalue weighted by Crippen LogP contribution is -2.31. The second-order valence-electron chi connectivity index (χ2n) is 4.28. The molecule has 1 heterocycles. The van der Waals surface area contributed by atoms with Gasteiger partial charge in [0.05, 0.1) is 5.56 Å². The Balaban J connectivity index is 2.04. The predicted molar refractivity (Wildman–Crippen MR) is 67.3 cm³/mol. The zero-order valence-corrected chi connectivity index (χ0v) is 9.87. The molecule has 0 saturated carbocycles. The molecule has 1 unspecified atom stereocenters. The van der Waals surface area contributed by atoms with E-state index in [0.717, 1.165) is 0 Å². The maximum atomic E-state index is 12.0. The van der Waals surface area contributed by atoms with Crippen LogP contribution in [0.1, 0.15) is 22.0 Å². The topological polar surface area (TPSA) is 63.6 Å². The monoisotopic (exact) mass is 254 g/mol. The number of rotatable bonds is 1. The Hall–Kier alpha value is -2.62. The average molecular weight is 254 g/mol. The molecule has 0 saturated heterocycles. The Morgan fingerprint density at radius 1 is 0.947 bits per heavy atom. The van der Waals surface area contributed by atoms with Crippen LogP contribution >= 0.6 is 0 Å². The molecule has 1 aliphatic rings. The molecule has 0 aromatic heterocycles. The van der Waals surface area contributed by atoms with E-state index in [4.69, 9.17) is 4.74 Å². The summed E-state index contributed by atoms with van der Waals surface area (Å²) < 4.78 is 5.59. The zero-order valence-electron chi connectivity index (χ0n) is 9.87. The largest absolute Gasteiger partial charge is 0.508 e. The van der Waals surface area contributed by atoms with Gasteiger partial charge in [0, 0.05) is 5.56 Å². The number of fused-ring (bicyclic) bond motifs is 1. The highest BCUT2D eigenvalue weighted by Gasteiger charge is 2.36. The average Bonchev–Trinajstić information content (AvgIpc) is 2.44. The van der Waals surface area contributed by atoms with Crippen molar-refractivity contribution in [2.24, 2.45) is 0 Å². The first kappa shape index (κ1) is 11.5. The smallest absolute Gasteiger partial charge is 0.248 e.